The lowest BCUT2D eigenvalue weighted by atomic mass is 10.0. The van der Waals surface area contributed by atoms with Crippen LogP contribution in [-0.2, 0) is 16.1 Å². The van der Waals surface area contributed by atoms with Crippen LogP contribution in [0.1, 0.15) is 28.8 Å². The Morgan fingerprint density at radius 3 is 2.63 bits per heavy atom. The number of carbonyl (C=O) groups excluding carboxylic acids is 1. The van der Waals surface area contributed by atoms with Crippen LogP contribution in [0.2, 0.25) is 0 Å². The monoisotopic (exact) mass is 375 g/mol. The average molecular weight is 376 g/mol. The zero-order valence-corrected chi connectivity index (χ0v) is 16.9. The minimum Gasteiger partial charge on any atom is -0.380 e. The molecule has 0 radical (unpaired) electrons. The molecule has 150 valence electrons. The van der Waals surface area contributed by atoms with Gasteiger partial charge in [-0.3, -0.25) is 9.69 Å². The summed E-state index contributed by atoms with van der Waals surface area (Å²) in [6.45, 7) is 6.03. The van der Waals surface area contributed by atoms with Gasteiger partial charge in [-0.2, -0.15) is 0 Å². The van der Waals surface area contributed by atoms with Crippen LogP contribution in [0.15, 0.2) is 24.3 Å². The second-order valence-electron chi connectivity index (χ2n) is 7.82. The second kappa shape index (κ2) is 9.64. The number of likely N-dealkylation sites (N-methyl/N-ethyl adjacent to an activating group) is 1. The van der Waals surface area contributed by atoms with E-state index in [2.05, 4.69) is 23.9 Å². The molecule has 2 fully saturated rings. The molecule has 2 saturated heterocycles. The smallest absolute Gasteiger partial charge is 0.253 e. The van der Waals surface area contributed by atoms with Gasteiger partial charge in [0.1, 0.15) is 0 Å². The topological polar surface area (TPSA) is 45.2 Å². The van der Waals surface area contributed by atoms with Crippen LogP contribution in [0.25, 0.3) is 0 Å². The van der Waals surface area contributed by atoms with E-state index in [0.29, 0.717) is 12.6 Å². The van der Waals surface area contributed by atoms with Crippen LogP contribution in [0.3, 0.4) is 0 Å². The van der Waals surface area contributed by atoms with Crippen molar-refractivity contribution in [2.75, 3.05) is 60.5 Å². The molecule has 2 atom stereocenters. The number of methoxy groups -OCH3 is 1. The molecule has 2 heterocycles. The number of morpholine rings is 1. The van der Waals surface area contributed by atoms with E-state index in [1.165, 1.54) is 0 Å². The molecule has 27 heavy (non-hydrogen) atoms. The minimum atomic E-state index is 0.123. The summed E-state index contributed by atoms with van der Waals surface area (Å²) in [5.41, 5.74) is 1.84. The van der Waals surface area contributed by atoms with E-state index in [1.807, 2.05) is 29.2 Å². The van der Waals surface area contributed by atoms with Crippen LogP contribution >= 0.6 is 0 Å². The van der Waals surface area contributed by atoms with Crippen LogP contribution in [0.4, 0.5) is 0 Å². The van der Waals surface area contributed by atoms with E-state index in [9.17, 15) is 4.79 Å². The fourth-order valence-corrected chi connectivity index (χ4v) is 4.06. The van der Waals surface area contributed by atoms with Crippen molar-refractivity contribution >= 4 is 5.91 Å². The quantitative estimate of drug-likeness (QED) is 0.757. The van der Waals surface area contributed by atoms with E-state index in [1.54, 1.807) is 7.11 Å². The third kappa shape index (κ3) is 5.29. The fourth-order valence-electron chi connectivity index (χ4n) is 4.06. The second-order valence-corrected chi connectivity index (χ2v) is 7.82. The Morgan fingerprint density at radius 2 is 1.93 bits per heavy atom. The van der Waals surface area contributed by atoms with Gasteiger partial charge in [-0.25, -0.2) is 0 Å². The summed E-state index contributed by atoms with van der Waals surface area (Å²) in [6.07, 6.45) is 2.13. The number of benzene rings is 1. The lowest BCUT2D eigenvalue weighted by molar-refractivity contribution is -0.0724. The molecule has 0 aliphatic carbocycles. The summed E-state index contributed by atoms with van der Waals surface area (Å²) in [5, 5.41) is 0. The maximum atomic E-state index is 13.0. The molecule has 6 heteroatoms. The number of likely N-dealkylation sites (tertiary alicyclic amines) is 1. The van der Waals surface area contributed by atoms with Crippen molar-refractivity contribution in [2.45, 2.75) is 31.6 Å². The van der Waals surface area contributed by atoms with E-state index in [-0.39, 0.29) is 12.0 Å². The summed E-state index contributed by atoms with van der Waals surface area (Å²) < 4.78 is 11.2. The first-order valence-corrected chi connectivity index (χ1v) is 9.96. The van der Waals surface area contributed by atoms with Crippen LogP contribution in [0, 0.1) is 0 Å². The maximum Gasteiger partial charge on any atom is 0.253 e. The first-order chi connectivity index (χ1) is 13.1. The molecule has 2 aliphatic rings. The number of ether oxygens (including phenoxy) is 2. The summed E-state index contributed by atoms with van der Waals surface area (Å²) in [6, 6.07) is 8.18. The van der Waals surface area contributed by atoms with Crippen molar-refractivity contribution in [3.63, 3.8) is 0 Å². The fraction of sp³-hybridized carbons (Fsp3) is 0.667. The molecule has 6 nitrogen and oxygen atoms in total. The van der Waals surface area contributed by atoms with Crippen molar-refractivity contribution in [3.05, 3.63) is 35.4 Å². The molecular formula is C21H33N3O3. The summed E-state index contributed by atoms with van der Waals surface area (Å²) >= 11 is 0. The van der Waals surface area contributed by atoms with Gasteiger partial charge in [-0.05, 0) is 44.6 Å². The standard InChI is InChI=1S/C21H33N3O3/c1-22(2)12-13-23-14-15-27-20-9-11-24(10-8-19(20)23)21(25)18-6-4-17(5-7-18)16-26-3/h4-7,19-20H,8-16H2,1-3H3. The van der Waals surface area contributed by atoms with E-state index in [4.69, 9.17) is 9.47 Å². The van der Waals surface area contributed by atoms with Crippen molar-refractivity contribution in [1.29, 1.82) is 0 Å². The lowest BCUT2D eigenvalue weighted by Gasteiger charge is -2.40. The zero-order chi connectivity index (χ0) is 19.2. The van der Waals surface area contributed by atoms with Crippen molar-refractivity contribution in [3.8, 4) is 0 Å². The SMILES string of the molecule is COCc1ccc(C(=O)N2CCC3OCCN(CCN(C)C)C3CC2)cc1. The van der Waals surface area contributed by atoms with Gasteiger partial charge >= 0.3 is 0 Å². The highest BCUT2D eigenvalue weighted by atomic mass is 16.5. The van der Waals surface area contributed by atoms with Crippen molar-refractivity contribution in [2.24, 2.45) is 0 Å². The number of amides is 1. The van der Waals surface area contributed by atoms with Gasteiger partial charge in [0.15, 0.2) is 0 Å². The predicted molar refractivity (Wildman–Crippen MR) is 106 cm³/mol. The number of carbonyl (C=O) groups is 1. The minimum absolute atomic E-state index is 0.123. The molecule has 0 spiro atoms. The molecule has 0 bridgehead atoms. The number of rotatable bonds is 6. The summed E-state index contributed by atoms with van der Waals surface area (Å²) in [4.78, 5) is 19.7. The van der Waals surface area contributed by atoms with Gasteiger partial charge in [-0.15, -0.1) is 0 Å². The highest BCUT2D eigenvalue weighted by Gasteiger charge is 2.35. The van der Waals surface area contributed by atoms with Gasteiger partial charge in [-0.1, -0.05) is 12.1 Å². The molecule has 3 rings (SSSR count). The normalized spacial score (nSPS) is 23.9. The number of hydrogen-bond acceptors (Lipinski definition) is 5. The molecule has 1 aromatic carbocycles. The summed E-state index contributed by atoms with van der Waals surface area (Å²) in [7, 11) is 5.91. The number of nitrogens with zero attached hydrogens (tertiary/aromatic N) is 3. The predicted octanol–water partition coefficient (Wildman–Crippen LogP) is 1.70. The molecule has 2 aliphatic heterocycles. The van der Waals surface area contributed by atoms with Gasteiger partial charge in [0, 0.05) is 51.4 Å². The number of hydrogen-bond donors (Lipinski definition) is 0. The summed E-state index contributed by atoms with van der Waals surface area (Å²) in [5.74, 6) is 0.123. The highest BCUT2D eigenvalue weighted by Crippen LogP contribution is 2.24. The molecule has 1 aromatic rings. The molecule has 0 N–H and O–H groups in total. The molecule has 0 aromatic heterocycles. The van der Waals surface area contributed by atoms with Crippen LogP contribution < -0.4 is 0 Å². The lowest BCUT2D eigenvalue weighted by Crippen LogP contribution is -2.52. The average Bonchev–Trinajstić information content (AvgIpc) is 2.89. The van der Waals surface area contributed by atoms with Crippen LogP contribution in [-0.4, -0.2) is 93.3 Å². The molecule has 2 unspecified atom stereocenters. The van der Waals surface area contributed by atoms with E-state index >= 15 is 0 Å². The molecule has 0 saturated carbocycles. The maximum absolute atomic E-state index is 13.0. The van der Waals surface area contributed by atoms with Crippen molar-refractivity contribution in [1.82, 2.24) is 14.7 Å². The Kier molecular flexibility index (Phi) is 7.24. The number of fused-ring (bicyclic) bond motifs is 1. The van der Waals surface area contributed by atoms with E-state index < -0.39 is 0 Å². The zero-order valence-electron chi connectivity index (χ0n) is 16.9. The molecule has 1 amide bonds. The third-order valence-electron chi connectivity index (χ3n) is 5.62. The Labute approximate surface area is 163 Å². The highest BCUT2D eigenvalue weighted by molar-refractivity contribution is 5.94. The van der Waals surface area contributed by atoms with Gasteiger partial charge in [0.25, 0.3) is 5.91 Å². The Morgan fingerprint density at radius 1 is 1.19 bits per heavy atom. The van der Waals surface area contributed by atoms with Gasteiger partial charge in [0.2, 0.25) is 0 Å². The van der Waals surface area contributed by atoms with E-state index in [0.717, 1.165) is 63.3 Å². The van der Waals surface area contributed by atoms with Gasteiger partial charge in [0.05, 0.1) is 19.3 Å². The Balaban J connectivity index is 1.62. The Bertz CT molecular complexity index is 605. The van der Waals surface area contributed by atoms with Gasteiger partial charge < -0.3 is 19.3 Å². The third-order valence-corrected chi connectivity index (χ3v) is 5.62. The largest absolute Gasteiger partial charge is 0.380 e. The van der Waals surface area contributed by atoms with Crippen LogP contribution in [0.5, 0.6) is 0 Å². The Hall–Kier alpha value is -1.47. The molecular weight excluding hydrogens is 342 g/mol. The first kappa shape index (κ1) is 20.3. The first-order valence-electron chi connectivity index (χ1n) is 9.96. The van der Waals surface area contributed by atoms with Crippen molar-refractivity contribution < 1.29 is 14.3 Å².